The maximum absolute atomic E-state index is 12.8. The second-order valence-corrected chi connectivity index (χ2v) is 16.6. The quantitative estimate of drug-likeness (QED) is 0.0191. The van der Waals surface area contributed by atoms with Gasteiger partial charge < -0.3 is 34.0 Å². The minimum Gasteiger partial charge on any atom is -0.756 e. The first kappa shape index (κ1) is 51.2. The largest absolute Gasteiger partial charge is 0.756 e. The Kier molecular flexibility index (Phi) is 33.4. The van der Waals surface area contributed by atoms with Gasteiger partial charge in [0.2, 0.25) is 5.91 Å². The van der Waals surface area contributed by atoms with Crippen LogP contribution in [0.1, 0.15) is 149 Å². The second kappa shape index (κ2) is 34.6. The summed E-state index contributed by atoms with van der Waals surface area (Å²) in [5.74, 6) is -0.359. The maximum Gasteiger partial charge on any atom is 0.268 e. The van der Waals surface area contributed by atoms with Crippen LogP contribution in [0.15, 0.2) is 60.8 Å². The number of aliphatic hydroxyl groups excluding tert-OH is 2. The molecule has 0 aromatic heterocycles. The Morgan fingerprint density at radius 3 is 1.91 bits per heavy atom. The summed E-state index contributed by atoms with van der Waals surface area (Å²) in [6.45, 7) is 4.43. The normalized spacial score (nSPS) is 15.7. The van der Waals surface area contributed by atoms with Gasteiger partial charge in [0.05, 0.1) is 46.0 Å². The summed E-state index contributed by atoms with van der Waals surface area (Å²) in [6, 6.07) is -0.980. The summed E-state index contributed by atoms with van der Waals surface area (Å²) in [5, 5.41) is 24.0. The number of unbranched alkanes of at least 4 members (excludes halogenated alkanes) is 14. The highest BCUT2D eigenvalue weighted by molar-refractivity contribution is 7.45. The minimum absolute atomic E-state index is 0.0382. The Bertz CT molecular complexity index is 1070. The number of aliphatic hydroxyl groups is 2. The third-order valence-corrected chi connectivity index (χ3v) is 9.79. The lowest BCUT2D eigenvalue weighted by atomic mass is 10.0. The van der Waals surface area contributed by atoms with Gasteiger partial charge in [0.15, 0.2) is 0 Å². The van der Waals surface area contributed by atoms with Gasteiger partial charge in [-0.1, -0.05) is 152 Å². The second-order valence-electron chi connectivity index (χ2n) is 15.2. The van der Waals surface area contributed by atoms with Crippen molar-refractivity contribution in [3.63, 3.8) is 0 Å². The topological polar surface area (TPSA) is 128 Å². The van der Waals surface area contributed by atoms with Gasteiger partial charge in [-0.15, -0.1) is 0 Å². The monoisotopic (exact) mass is 767 g/mol. The minimum atomic E-state index is -4.64. The van der Waals surface area contributed by atoms with E-state index in [9.17, 15) is 24.5 Å². The van der Waals surface area contributed by atoms with E-state index < -0.39 is 32.7 Å². The number of nitrogens with zero attached hydrogens (tertiary/aromatic N) is 1. The molecule has 0 saturated heterocycles. The van der Waals surface area contributed by atoms with Crippen LogP contribution in [-0.4, -0.2) is 79.8 Å². The van der Waals surface area contributed by atoms with Gasteiger partial charge in [-0.05, 0) is 51.4 Å². The Balaban J connectivity index is 4.72. The van der Waals surface area contributed by atoms with Gasteiger partial charge in [-0.2, -0.15) is 0 Å². The maximum atomic E-state index is 12.8. The highest BCUT2D eigenvalue weighted by Gasteiger charge is 2.23. The van der Waals surface area contributed by atoms with Crippen molar-refractivity contribution in [3.8, 4) is 0 Å². The highest BCUT2D eigenvalue weighted by atomic mass is 31.2. The van der Waals surface area contributed by atoms with Crippen LogP contribution in [0.4, 0.5) is 0 Å². The average molecular weight is 767 g/mol. The van der Waals surface area contributed by atoms with E-state index in [1.165, 1.54) is 77.0 Å². The molecule has 1 amide bonds. The molecule has 0 aliphatic carbocycles. The van der Waals surface area contributed by atoms with Crippen molar-refractivity contribution in [1.82, 2.24) is 5.32 Å². The lowest BCUT2D eigenvalue weighted by molar-refractivity contribution is -0.870. The molecule has 53 heavy (non-hydrogen) atoms. The van der Waals surface area contributed by atoms with Crippen LogP contribution >= 0.6 is 7.82 Å². The van der Waals surface area contributed by atoms with Crippen molar-refractivity contribution in [2.24, 2.45) is 0 Å². The fourth-order valence-electron chi connectivity index (χ4n) is 5.43. The number of quaternary nitrogens is 1. The first-order valence-electron chi connectivity index (χ1n) is 20.8. The number of allylic oxidation sites excluding steroid dienone is 8. The lowest BCUT2D eigenvalue weighted by Gasteiger charge is -2.29. The summed E-state index contributed by atoms with van der Waals surface area (Å²) >= 11 is 0. The zero-order valence-electron chi connectivity index (χ0n) is 34.3. The first-order valence-corrected chi connectivity index (χ1v) is 22.2. The fraction of sp³-hybridized carbons (Fsp3) is 0.744. The standard InChI is InChI=1S/C43H79N2O7P/c1-6-8-10-12-14-16-18-20-22-24-26-28-30-33-40(46)34-32-36-43(48)44-41(39-52-53(49,50)51-38-37-45(3,4)5)42(47)35-31-29-27-25-23-21-19-17-15-13-11-9-7-2/h14,16,20,22,26,28,30-31,33,35,40-42,46-47H,6-13,15,17-19,21,23-25,27,29,32,34,36-39H2,1-5H3,(H-,44,48,49,50)/b16-14-,22-20-,28-26-,33-30+,35-31+/t40-,41-,42+/m0/s1. The molecule has 0 rings (SSSR count). The molecular formula is C43H79N2O7P. The van der Waals surface area contributed by atoms with Gasteiger partial charge in [0.1, 0.15) is 13.2 Å². The van der Waals surface area contributed by atoms with Crippen LogP contribution in [0.25, 0.3) is 0 Å². The number of rotatable bonds is 36. The van der Waals surface area contributed by atoms with Crippen molar-refractivity contribution in [3.05, 3.63) is 60.8 Å². The number of carbonyl (C=O) groups excluding carboxylic acids is 1. The molecule has 10 heteroatoms. The molecule has 0 heterocycles. The van der Waals surface area contributed by atoms with Crippen molar-refractivity contribution < 1.29 is 38.0 Å². The van der Waals surface area contributed by atoms with E-state index in [0.717, 1.165) is 38.5 Å². The number of likely N-dealkylation sites (N-methyl/N-ethyl adjacent to an activating group) is 1. The van der Waals surface area contributed by atoms with E-state index >= 15 is 0 Å². The number of carbonyl (C=O) groups is 1. The number of phosphoric ester groups is 1. The molecule has 0 aliphatic heterocycles. The third kappa shape index (κ3) is 36.9. The Morgan fingerprint density at radius 1 is 0.717 bits per heavy atom. The van der Waals surface area contributed by atoms with Gasteiger partial charge in [-0.25, -0.2) is 0 Å². The molecule has 0 saturated carbocycles. The fourth-order valence-corrected chi connectivity index (χ4v) is 6.15. The van der Waals surface area contributed by atoms with E-state index in [2.05, 4.69) is 43.5 Å². The third-order valence-electron chi connectivity index (χ3n) is 8.83. The number of amides is 1. The molecule has 4 atom stereocenters. The van der Waals surface area contributed by atoms with Crippen molar-refractivity contribution in [2.75, 3.05) is 40.9 Å². The highest BCUT2D eigenvalue weighted by Crippen LogP contribution is 2.38. The predicted molar refractivity (Wildman–Crippen MR) is 220 cm³/mol. The van der Waals surface area contributed by atoms with E-state index in [-0.39, 0.29) is 18.9 Å². The van der Waals surface area contributed by atoms with E-state index in [0.29, 0.717) is 23.9 Å². The van der Waals surface area contributed by atoms with Crippen LogP contribution < -0.4 is 10.2 Å². The molecule has 0 aromatic carbocycles. The number of hydrogen-bond donors (Lipinski definition) is 3. The molecule has 0 bridgehead atoms. The van der Waals surface area contributed by atoms with E-state index in [4.69, 9.17) is 9.05 Å². The summed E-state index contributed by atoms with van der Waals surface area (Å²) in [5.41, 5.74) is 0. The van der Waals surface area contributed by atoms with Gasteiger partial charge in [0, 0.05) is 6.42 Å². The number of nitrogens with one attached hydrogen (secondary N) is 1. The first-order chi connectivity index (χ1) is 25.4. The van der Waals surface area contributed by atoms with E-state index in [1.807, 2.05) is 45.4 Å². The Morgan fingerprint density at radius 2 is 1.26 bits per heavy atom. The molecule has 3 N–H and O–H groups in total. The molecule has 1 unspecified atom stereocenters. The van der Waals surface area contributed by atoms with Crippen LogP contribution in [-0.2, 0) is 18.4 Å². The van der Waals surface area contributed by atoms with Crippen molar-refractivity contribution in [1.29, 1.82) is 0 Å². The Labute approximate surface area is 324 Å². The summed E-state index contributed by atoms with van der Waals surface area (Å²) < 4.78 is 23.1. The smallest absolute Gasteiger partial charge is 0.268 e. The zero-order valence-corrected chi connectivity index (χ0v) is 35.2. The van der Waals surface area contributed by atoms with Crippen LogP contribution in [0.2, 0.25) is 0 Å². The average Bonchev–Trinajstić information content (AvgIpc) is 3.09. The molecular weight excluding hydrogens is 687 g/mol. The van der Waals surface area contributed by atoms with Crippen molar-refractivity contribution >= 4 is 13.7 Å². The molecule has 0 fully saturated rings. The molecule has 9 nitrogen and oxygen atoms in total. The molecule has 0 aromatic rings. The molecule has 0 aliphatic rings. The summed E-state index contributed by atoms with van der Waals surface area (Å²) in [7, 11) is 1.13. The number of hydrogen-bond acceptors (Lipinski definition) is 7. The molecule has 0 spiro atoms. The van der Waals surface area contributed by atoms with Gasteiger partial charge >= 0.3 is 0 Å². The van der Waals surface area contributed by atoms with Crippen LogP contribution in [0, 0.1) is 0 Å². The number of phosphoric acid groups is 1. The predicted octanol–water partition coefficient (Wildman–Crippen LogP) is 9.41. The van der Waals surface area contributed by atoms with E-state index in [1.54, 1.807) is 12.2 Å². The van der Waals surface area contributed by atoms with Crippen molar-refractivity contribution in [2.45, 2.75) is 167 Å². The van der Waals surface area contributed by atoms with Crippen LogP contribution in [0.5, 0.6) is 0 Å². The van der Waals surface area contributed by atoms with Gasteiger partial charge in [-0.3, -0.25) is 9.36 Å². The van der Waals surface area contributed by atoms with Crippen LogP contribution in [0.3, 0.4) is 0 Å². The summed E-state index contributed by atoms with van der Waals surface area (Å²) in [6.07, 6.45) is 40.0. The molecule has 308 valence electrons. The summed E-state index contributed by atoms with van der Waals surface area (Å²) in [4.78, 5) is 25.2. The van der Waals surface area contributed by atoms with Gasteiger partial charge in [0.25, 0.3) is 7.82 Å². The Hall–Kier alpha value is -1.84. The zero-order chi connectivity index (χ0) is 39.5. The molecule has 0 radical (unpaired) electrons. The lowest BCUT2D eigenvalue weighted by Crippen LogP contribution is -2.45. The SMILES string of the molecule is CCCCC/C=C\C/C=C\C/C=C\C=C\[C@H](O)CCCC(=O)N[C@@H](COP(=O)([O-])OCC[N+](C)(C)C)[C@H](O)/C=C/CCCCCCCCCCCCC.